The number of amides is 1. The summed E-state index contributed by atoms with van der Waals surface area (Å²) in [6, 6.07) is 9.28. The highest BCUT2D eigenvalue weighted by Crippen LogP contribution is 2.18. The first-order chi connectivity index (χ1) is 6.27. The van der Waals surface area contributed by atoms with Crippen molar-refractivity contribution >= 4 is 11.6 Å². The summed E-state index contributed by atoms with van der Waals surface area (Å²) < 4.78 is 0. The molecule has 66 valence electrons. The van der Waals surface area contributed by atoms with Crippen molar-refractivity contribution in [3.63, 3.8) is 0 Å². The van der Waals surface area contributed by atoms with E-state index in [4.69, 9.17) is 5.11 Å². The number of hydrogen-bond acceptors (Lipinski definition) is 2. The van der Waals surface area contributed by atoms with Crippen LogP contribution in [0, 0.1) is 0 Å². The molecule has 1 aromatic rings. The van der Waals surface area contributed by atoms with E-state index in [1.165, 1.54) is 11.0 Å². The Morgan fingerprint density at radius 1 is 1.23 bits per heavy atom. The van der Waals surface area contributed by atoms with Crippen LogP contribution < -0.4 is 4.90 Å². The maximum atomic E-state index is 11.3. The molecule has 0 saturated heterocycles. The van der Waals surface area contributed by atoms with Crippen molar-refractivity contribution in [1.82, 2.24) is 0 Å². The molecule has 0 atom stereocenters. The minimum Gasteiger partial charge on any atom is -0.510 e. The van der Waals surface area contributed by atoms with Gasteiger partial charge < -0.3 is 10.0 Å². The van der Waals surface area contributed by atoms with E-state index in [2.05, 4.69) is 0 Å². The molecule has 0 spiro atoms. The lowest BCUT2D eigenvalue weighted by Crippen LogP contribution is -2.25. The molecule has 1 N–H and O–H groups in total. The maximum absolute atomic E-state index is 11.3. The van der Waals surface area contributed by atoms with Gasteiger partial charge in [0, 0.05) is 11.8 Å². The Kier molecular flexibility index (Phi) is 1.77. The molecule has 1 aromatic carbocycles. The van der Waals surface area contributed by atoms with E-state index in [1.54, 1.807) is 0 Å². The van der Waals surface area contributed by atoms with E-state index in [9.17, 15) is 4.79 Å². The summed E-state index contributed by atoms with van der Waals surface area (Å²) in [6.45, 7) is 0.281. The fourth-order valence-electron chi connectivity index (χ4n) is 1.33. The molecule has 3 heteroatoms. The van der Waals surface area contributed by atoms with Gasteiger partial charge in [0.1, 0.15) is 5.76 Å². The first-order valence-electron chi connectivity index (χ1n) is 4.03. The van der Waals surface area contributed by atoms with Crippen molar-refractivity contribution in [1.29, 1.82) is 0 Å². The van der Waals surface area contributed by atoms with E-state index in [1.807, 2.05) is 30.3 Å². The summed E-state index contributed by atoms with van der Waals surface area (Å²) in [7, 11) is 0. The smallest absolute Gasteiger partial charge is 0.254 e. The van der Waals surface area contributed by atoms with Gasteiger partial charge in [-0.05, 0) is 12.1 Å². The van der Waals surface area contributed by atoms with Gasteiger partial charge in [0.2, 0.25) is 0 Å². The molecule has 0 radical (unpaired) electrons. The fourth-order valence-corrected chi connectivity index (χ4v) is 1.33. The summed E-state index contributed by atoms with van der Waals surface area (Å²) in [5.41, 5.74) is 0.813. The van der Waals surface area contributed by atoms with Crippen LogP contribution in [0.25, 0.3) is 0 Å². The molecule has 1 aliphatic rings. The Morgan fingerprint density at radius 2 is 1.92 bits per heavy atom. The molecule has 0 bridgehead atoms. The number of carbonyl (C=O) groups is 1. The highest BCUT2D eigenvalue weighted by Gasteiger charge is 2.21. The number of carbonyl (C=O) groups excluding carboxylic acids is 1. The molecule has 1 aliphatic heterocycles. The first kappa shape index (κ1) is 7.86. The first-order valence-corrected chi connectivity index (χ1v) is 4.03. The van der Waals surface area contributed by atoms with Crippen molar-refractivity contribution in [3.05, 3.63) is 42.2 Å². The zero-order chi connectivity index (χ0) is 9.26. The molecule has 1 heterocycles. The van der Waals surface area contributed by atoms with Crippen LogP contribution in [0.2, 0.25) is 0 Å². The van der Waals surface area contributed by atoms with E-state index in [0.717, 1.165) is 5.69 Å². The van der Waals surface area contributed by atoms with Gasteiger partial charge >= 0.3 is 0 Å². The Morgan fingerprint density at radius 3 is 2.46 bits per heavy atom. The van der Waals surface area contributed by atoms with Crippen LogP contribution in [0.4, 0.5) is 5.69 Å². The van der Waals surface area contributed by atoms with Crippen LogP contribution in [-0.2, 0) is 4.79 Å². The van der Waals surface area contributed by atoms with Crippen molar-refractivity contribution in [3.8, 4) is 0 Å². The summed E-state index contributed by atoms with van der Waals surface area (Å²) in [5.74, 6) is -0.0439. The number of rotatable bonds is 1. The van der Waals surface area contributed by atoms with Gasteiger partial charge in [-0.3, -0.25) is 4.79 Å². The average Bonchev–Trinajstić information content (AvgIpc) is 2.47. The van der Waals surface area contributed by atoms with Gasteiger partial charge in [-0.1, -0.05) is 18.2 Å². The molecule has 3 nitrogen and oxygen atoms in total. The SMILES string of the molecule is O=C1C=C(O)CN1c1ccccc1. The third-order valence-corrected chi connectivity index (χ3v) is 1.94. The Balaban J connectivity index is 2.26. The fraction of sp³-hybridized carbons (Fsp3) is 0.100. The van der Waals surface area contributed by atoms with Crippen molar-refractivity contribution in [2.24, 2.45) is 0 Å². The topological polar surface area (TPSA) is 40.5 Å². The normalized spacial score (nSPS) is 16.2. The van der Waals surface area contributed by atoms with Gasteiger partial charge in [-0.15, -0.1) is 0 Å². The Labute approximate surface area is 75.9 Å². The van der Waals surface area contributed by atoms with Crippen molar-refractivity contribution in [2.75, 3.05) is 11.4 Å². The van der Waals surface area contributed by atoms with Crippen LogP contribution >= 0.6 is 0 Å². The quantitative estimate of drug-likeness (QED) is 0.702. The van der Waals surface area contributed by atoms with Crippen LogP contribution in [0.15, 0.2) is 42.2 Å². The van der Waals surface area contributed by atoms with Gasteiger partial charge in [0.25, 0.3) is 5.91 Å². The number of benzene rings is 1. The number of anilines is 1. The maximum Gasteiger partial charge on any atom is 0.254 e. The third-order valence-electron chi connectivity index (χ3n) is 1.94. The highest BCUT2D eigenvalue weighted by atomic mass is 16.3. The highest BCUT2D eigenvalue weighted by molar-refractivity contribution is 6.04. The molecule has 1 amide bonds. The van der Waals surface area contributed by atoms with Gasteiger partial charge in [-0.2, -0.15) is 0 Å². The zero-order valence-corrected chi connectivity index (χ0v) is 6.97. The number of aliphatic hydroxyl groups is 1. The molecule has 0 saturated carbocycles. The summed E-state index contributed by atoms with van der Waals surface area (Å²) in [4.78, 5) is 12.8. The molecule has 0 aromatic heterocycles. The average molecular weight is 175 g/mol. The molecular weight excluding hydrogens is 166 g/mol. The van der Waals surface area contributed by atoms with Crippen LogP contribution in [0.1, 0.15) is 0 Å². The second kappa shape index (κ2) is 2.94. The van der Waals surface area contributed by atoms with Crippen LogP contribution in [0.3, 0.4) is 0 Å². The van der Waals surface area contributed by atoms with Gasteiger partial charge in [0.05, 0.1) is 6.54 Å². The largest absolute Gasteiger partial charge is 0.510 e. The van der Waals surface area contributed by atoms with Crippen molar-refractivity contribution in [2.45, 2.75) is 0 Å². The molecule has 0 unspecified atom stereocenters. The number of nitrogens with zero attached hydrogens (tertiary/aromatic N) is 1. The second-order valence-corrected chi connectivity index (χ2v) is 2.90. The molecule has 13 heavy (non-hydrogen) atoms. The van der Waals surface area contributed by atoms with Crippen LogP contribution in [-0.4, -0.2) is 17.6 Å². The number of para-hydroxylation sites is 1. The summed E-state index contributed by atoms with van der Waals surface area (Å²) in [5, 5.41) is 9.13. The number of hydrogen-bond donors (Lipinski definition) is 1. The predicted molar refractivity (Wildman–Crippen MR) is 49.5 cm³/mol. The molecular formula is C10H9NO2. The van der Waals surface area contributed by atoms with E-state index < -0.39 is 0 Å². The van der Waals surface area contributed by atoms with E-state index in [0.29, 0.717) is 0 Å². The summed E-state index contributed by atoms with van der Waals surface area (Å²) in [6.07, 6.45) is 1.24. The lowest BCUT2D eigenvalue weighted by molar-refractivity contribution is -0.113. The molecule has 0 fully saturated rings. The Bertz CT molecular complexity index is 356. The molecule has 0 aliphatic carbocycles. The lowest BCUT2D eigenvalue weighted by atomic mass is 10.3. The second-order valence-electron chi connectivity index (χ2n) is 2.90. The third kappa shape index (κ3) is 1.40. The number of aliphatic hydroxyl groups excluding tert-OH is 1. The summed E-state index contributed by atoms with van der Waals surface area (Å²) >= 11 is 0. The lowest BCUT2D eigenvalue weighted by Gasteiger charge is -2.14. The van der Waals surface area contributed by atoms with Gasteiger partial charge in [0.15, 0.2) is 0 Å². The molecule has 2 rings (SSSR count). The minimum atomic E-state index is -0.163. The zero-order valence-electron chi connectivity index (χ0n) is 6.97. The standard InChI is InChI=1S/C10H9NO2/c12-9-6-10(13)11(7-9)8-4-2-1-3-5-8/h1-6,12H,7H2. The van der Waals surface area contributed by atoms with Crippen molar-refractivity contribution < 1.29 is 9.90 Å². The predicted octanol–water partition coefficient (Wildman–Crippen LogP) is 1.48. The van der Waals surface area contributed by atoms with E-state index >= 15 is 0 Å². The Hall–Kier alpha value is -1.77. The van der Waals surface area contributed by atoms with E-state index in [-0.39, 0.29) is 18.2 Å². The van der Waals surface area contributed by atoms with Gasteiger partial charge in [-0.25, -0.2) is 0 Å². The van der Waals surface area contributed by atoms with Crippen LogP contribution in [0.5, 0.6) is 0 Å². The minimum absolute atomic E-state index is 0.119. The monoisotopic (exact) mass is 175 g/mol.